The monoisotopic (exact) mass is 352 g/mol. The van der Waals surface area contributed by atoms with Crippen molar-refractivity contribution in [2.45, 2.75) is 0 Å². The van der Waals surface area contributed by atoms with Crippen molar-refractivity contribution in [2.24, 2.45) is 5.10 Å². The molecule has 3 rings (SSSR count). The molecule has 0 aliphatic rings. The summed E-state index contributed by atoms with van der Waals surface area (Å²) in [7, 11) is 0. The number of benzene rings is 2. The summed E-state index contributed by atoms with van der Waals surface area (Å²) in [5.74, 6) is 0.582. The molecular weight excluding hydrogens is 340 g/mol. The van der Waals surface area contributed by atoms with E-state index < -0.39 is 0 Å². The summed E-state index contributed by atoms with van der Waals surface area (Å²) >= 11 is 3.42. The largest absolute Gasteiger partial charge is 0.278 e. The molecule has 0 aliphatic carbocycles. The van der Waals surface area contributed by atoms with E-state index in [-0.39, 0.29) is 0 Å². The van der Waals surface area contributed by atoms with E-state index in [1.165, 1.54) is 0 Å². The van der Waals surface area contributed by atoms with Crippen LogP contribution in [0.25, 0.3) is 0 Å². The summed E-state index contributed by atoms with van der Waals surface area (Å²) in [5, 5.41) is 4.49. The molecule has 5 heteroatoms. The van der Waals surface area contributed by atoms with Crippen LogP contribution in [0.15, 0.2) is 82.6 Å². The summed E-state index contributed by atoms with van der Waals surface area (Å²) in [6, 6.07) is 19.5. The average Bonchev–Trinajstić information content (AvgIpc) is 2.59. The smallest absolute Gasteiger partial charge is 0.180 e. The van der Waals surface area contributed by atoms with E-state index in [1.54, 1.807) is 18.5 Å². The number of aromatic nitrogens is 2. The molecule has 0 aliphatic heterocycles. The van der Waals surface area contributed by atoms with Crippen LogP contribution in [0.5, 0.6) is 0 Å². The maximum atomic E-state index is 4.49. The van der Waals surface area contributed by atoms with Gasteiger partial charge in [0.2, 0.25) is 0 Å². The highest BCUT2D eigenvalue weighted by Crippen LogP contribution is 2.15. The van der Waals surface area contributed by atoms with Crippen LogP contribution in [0.3, 0.4) is 0 Å². The Balaban J connectivity index is 1.95. The van der Waals surface area contributed by atoms with Crippen molar-refractivity contribution in [2.75, 3.05) is 5.43 Å². The number of nitrogens with one attached hydrogen (secondary N) is 1. The molecular formula is C17H13BrN4. The van der Waals surface area contributed by atoms with Crippen LogP contribution in [0, 0.1) is 0 Å². The quantitative estimate of drug-likeness (QED) is 0.567. The van der Waals surface area contributed by atoms with Crippen LogP contribution in [-0.2, 0) is 0 Å². The number of hydrogen-bond acceptors (Lipinski definition) is 4. The fraction of sp³-hybridized carbons (Fsp3) is 0. The lowest BCUT2D eigenvalue weighted by atomic mass is 10.1. The van der Waals surface area contributed by atoms with E-state index in [4.69, 9.17) is 0 Å². The molecule has 0 atom stereocenters. The Bertz CT molecular complexity index is 714. The summed E-state index contributed by atoms with van der Waals surface area (Å²) < 4.78 is 1.02. The number of nitrogens with zero attached hydrogens (tertiary/aromatic N) is 3. The molecule has 0 amide bonds. The fourth-order valence-corrected chi connectivity index (χ4v) is 2.17. The Morgan fingerprint density at radius 2 is 1.55 bits per heavy atom. The molecule has 0 unspecified atom stereocenters. The highest BCUT2D eigenvalue weighted by molar-refractivity contribution is 9.10. The lowest BCUT2D eigenvalue weighted by Gasteiger charge is -2.07. The average molecular weight is 353 g/mol. The summed E-state index contributed by atoms with van der Waals surface area (Å²) in [5.41, 5.74) is 5.61. The molecule has 0 spiro atoms. The number of halogens is 1. The van der Waals surface area contributed by atoms with Gasteiger partial charge < -0.3 is 0 Å². The van der Waals surface area contributed by atoms with Crippen molar-refractivity contribution < 1.29 is 0 Å². The second-order valence-corrected chi connectivity index (χ2v) is 5.43. The normalized spacial score (nSPS) is 11.2. The second-order valence-electron chi connectivity index (χ2n) is 4.52. The van der Waals surface area contributed by atoms with Crippen LogP contribution >= 0.6 is 15.9 Å². The van der Waals surface area contributed by atoms with Gasteiger partial charge in [0, 0.05) is 22.4 Å². The molecule has 1 aromatic heterocycles. The first-order valence-electron chi connectivity index (χ1n) is 6.75. The molecule has 22 heavy (non-hydrogen) atoms. The van der Waals surface area contributed by atoms with E-state index in [1.807, 2.05) is 54.6 Å². The Morgan fingerprint density at radius 1 is 0.864 bits per heavy atom. The third-order valence-electron chi connectivity index (χ3n) is 2.97. The van der Waals surface area contributed by atoms with Gasteiger partial charge in [-0.3, -0.25) is 5.43 Å². The predicted molar refractivity (Wildman–Crippen MR) is 91.9 cm³/mol. The zero-order chi connectivity index (χ0) is 15.2. The SMILES string of the molecule is Brc1ccc(N/N=C(\c2ccccc2)c2ncccn2)cc1. The first kappa shape index (κ1) is 14.4. The fourth-order valence-electron chi connectivity index (χ4n) is 1.91. The molecule has 108 valence electrons. The van der Waals surface area contributed by atoms with Gasteiger partial charge in [0.05, 0.1) is 5.69 Å². The molecule has 4 nitrogen and oxygen atoms in total. The van der Waals surface area contributed by atoms with Gasteiger partial charge in [-0.05, 0) is 30.3 Å². The number of hydrogen-bond donors (Lipinski definition) is 1. The number of hydrazone groups is 1. The van der Waals surface area contributed by atoms with E-state index in [0.29, 0.717) is 11.5 Å². The molecule has 0 saturated heterocycles. The van der Waals surface area contributed by atoms with Crippen molar-refractivity contribution in [1.29, 1.82) is 0 Å². The first-order chi connectivity index (χ1) is 10.8. The molecule has 0 bridgehead atoms. The van der Waals surface area contributed by atoms with Crippen molar-refractivity contribution in [3.63, 3.8) is 0 Å². The summed E-state index contributed by atoms with van der Waals surface area (Å²) in [4.78, 5) is 8.58. The Kier molecular flexibility index (Phi) is 4.56. The van der Waals surface area contributed by atoms with Gasteiger partial charge in [-0.15, -0.1) is 0 Å². The van der Waals surface area contributed by atoms with Crippen LogP contribution < -0.4 is 5.43 Å². The highest BCUT2D eigenvalue weighted by Gasteiger charge is 2.09. The van der Waals surface area contributed by atoms with E-state index in [0.717, 1.165) is 15.7 Å². The van der Waals surface area contributed by atoms with Crippen molar-refractivity contribution in [3.8, 4) is 0 Å². The van der Waals surface area contributed by atoms with Crippen molar-refractivity contribution in [1.82, 2.24) is 9.97 Å². The standard InChI is InChI=1S/C17H13BrN4/c18-14-7-9-15(10-8-14)21-22-16(13-5-2-1-3-6-13)17-19-11-4-12-20-17/h1-12,21H/b22-16+. The van der Waals surface area contributed by atoms with Gasteiger partial charge in [0.1, 0.15) is 5.71 Å². The van der Waals surface area contributed by atoms with Crippen LogP contribution in [0.1, 0.15) is 11.4 Å². The third-order valence-corrected chi connectivity index (χ3v) is 3.49. The van der Waals surface area contributed by atoms with Gasteiger partial charge >= 0.3 is 0 Å². The van der Waals surface area contributed by atoms with Crippen molar-refractivity contribution >= 4 is 27.3 Å². The van der Waals surface area contributed by atoms with E-state index in [9.17, 15) is 0 Å². The van der Waals surface area contributed by atoms with Crippen LogP contribution in [-0.4, -0.2) is 15.7 Å². The predicted octanol–water partition coefficient (Wildman–Crippen LogP) is 4.10. The van der Waals surface area contributed by atoms with Gasteiger partial charge in [-0.2, -0.15) is 5.10 Å². The Labute approximate surface area is 137 Å². The molecule has 2 aromatic carbocycles. The van der Waals surface area contributed by atoms with Crippen LogP contribution in [0.4, 0.5) is 5.69 Å². The summed E-state index contributed by atoms with van der Waals surface area (Å²) in [6.45, 7) is 0. The molecule has 1 heterocycles. The maximum absolute atomic E-state index is 4.49. The lowest BCUT2D eigenvalue weighted by molar-refractivity contribution is 1.12. The Hall–Kier alpha value is -2.53. The topological polar surface area (TPSA) is 50.2 Å². The van der Waals surface area contributed by atoms with E-state index >= 15 is 0 Å². The van der Waals surface area contributed by atoms with Gasteiger partial charge in [-0.25, -0.2) is 9.97 Å². The minimum absolute atomic E-state index is 0.582. The first-order valence-corrected chi connectivity index (χ1v) is 7.54. The van der Waals surface area contributed by atoms with Gasteiger partial charge in [-0.1, -0.05) is 46.3 Å². The lowest BCUT2D eigenvalue weighted by Crippen LogP contribution is -2.10. The highest BCUT2D eigenvalue weighted by atomic mass is 79.9. The molecule has 1 N–H and O–H groups in total. The van der Waals surface area contributed by atoms with E-state index in [2.05, 4.69) is 36.4 Å². The minimum Gasteiger partial charge on any atom is -0.278 e. The molecule has 3 aromatic rings. The minimum atomic E-state index is 0.582. The summed E-state index contributed by atoms with van der Waals surface area (Å²) in [6.07, 6.45) is 3.42. The second kappa shape index (κ2) is 6.95. The Morgan fingerprint density at radius 3 is 2.23 bits per heavy atom. The number of rotatable bonds is 4. The molecule has 0 fully saturated rings. The maximum Gasteiger partial charge on any atom is 0.180 e. The number of anilines is 1. The molecule has 0 radical (unpaired) electrons. The zero-order valence-electron chi connectivity index (χ0n) is 11.6. The van der Waals surface area contributed by atoms with Gasteiger partial charge in [0.25, 0.3) is 0 Å². The van der Waals surface area contributed by atoms with Crippen molar-refractivity contribution in [3.05, 3.63) is 88.9 Å². The zero-order valence-corrected chi connectivity index (χ0v) is 13.2. The van der Waals surface area contributed by atoms with Crippen LogP contribution in [0.2, 0.25) is 0 Å². The van der Waals surface area contributed by atoms with Gasteiger partial charge in [0.15, 0.2) is 5.82 Å². The molecule has 0 saturated carbocycles. The third kappa shape index (κ3) is 3.56.